The van der Waals surface area contributed by atoms with Crippen LogP contribution in [0.1, 0.15) is 53.9 Å². The van der Waals surface area contributed by atoms with Crippen LogP contribution in [0.3, 0.4) is 0 Å². The molecule has 3 amide bonds. The number of allylic oxidation sites excluding steroid dienone is 1. The predicted molar refractivity (Wildman–Crippen MR) is 131 cm³/mol. The summed E-state index contributed by atoms with van der Waals surface area (Å²) in [7, 11) is 0. The minimum Gasteiger partial charge on any atom is -0.478 e. The van der Waals surface area contributed by atoms with Gasteiger partial charge in [0.25, 0.3) is 5.56 Å². The number of ether oxygens (including phenoxy) is 1. The number of carboxylic acid groups (broad SMARTS) is 1. The van der Waals surface area contributed by atoms with Crippen molar-refractivity contribution in [3.05, 3.63) is 40.8 Å². The van der Waals surface area contributed by atoms with E-state index in [4.69, 9.17) is 9.84 Å². The lowest BCUT2D eigenvalue weighted by Crippen LogP contribution is -2.46. The van der Waals surface area contributed by atoms with Crippen LogP contribution in [-0.4, -0.2) is 51.7 Å². The number of aliphatic carboxylic acids is 1. The smallest absolute Gasteiger partial charge is 0.408 e. The number of hydrogen-bond acceptors (Lipinski definition) is 6. The maximum absolute atomic E-state index is 12.9. The van der Waals surface area contributed by atoms with Crippen molar-refractivity contribution >= 4 is 29.6 Å². The van der Waals surface area contributed by atoms with Crippen LogP contribution in [0, 0.1) is 5.92 Å². The molecule has 0 aromatic carbocycles. The van der Waals surface area contributed by atoms with Crippen molar-refractivity contribution in [1.82, 2.24) is 15.2 Å². The molecule has 1 heterocycles. The lowest BCUT2D eigenvalue weighted by atomic mass is 10.1. The largest absolute Gasteiger partial charge is 0.478 e. The zero-order chi connectivity index (χ0) is 26.6. The second-order valence-electron chi connectivity index (χ2n) is 9.39. The molecule has 1 rings (SSSR count). The molecule has 1 unspecified atom stereocenters. The van der Waals surface area contributed by atoms with Gasteiger partial charge >= 0.3 is 12.1 Å². The first-order valence-corrected chi connectivity index (χ1v) is 11.4. The number of carbonyl (C=O) groups is 4. The molecule has 194 valence electrons. The molecular formula is C24H36N4O7. The molecule has 0 saturated carbocycles. The molecule has 0 aliphatic carbocycles. The fourth-order valence-electron chi connectivity index (χ4n) is 2.85. The minimum atomic E-state index is -1.14. The lowest BCUT2D eigenvalue weighted by Gasteiger charge is -2.23. The summed E-state index contributed by atoms with van der Waals surface area (Å²) in [6, 6.07) is 1.81. The molecule has 1 aromatic heterocycles. The molecule has 0 saturated heterocycles. The number of hydrogen-bond donors (Lipinski definition) is 4. The highest BCUT2D eigenvalue weighted by molar-refractivity contribution is 5.96. The summed E-state index contributed by atoms with van der Waals surface area (Å²) in [5.74, 6) is -1.72. The standard InChI is InChI=1S/C24H36N4O7/c1-16(2)12-13-25-19(29)15-28-14-8-10-18(22(28)33)26-21(32)17(9-6-7-11-20(30)31)27-23(34)35-24(3,4)5/h7-8,10-11,14,16-17H,6,9,12-13,15H2,1-5H3,(H,25,29)(H,26,32)(H,27,34)(H,30,31)/b11-7+. The Morgan fingerprint density at radius 3 is 2.46 bits per heavy atom. The van der Waals surface area contributed by atoms with Crippen LogP contribution >= 0.6 is 0 Å². The van der Waals surface area contributed by atoms with Crippen LogP contribution in [0.25, 0.3) is 0 Å². The Kier molecular flexibility index (Phi) is 11.7. The van der Waals surface area contributed by atoms with Gasteiger partial charge in [-0.1, -0.05) is 19.9 Å². The average Bonchev–Trinajstić information content (AvgIpc) is 2.71. The van der Waals surface area contributed by atoms with Gasteiger partial charge in [0.2, 0.25) is 11.8 Å². The normalized spacial score (nSPS) is 12.3. The summed E-state index contributed by atoms with van der Waals surface area (Å²) in [5.41, 5.74) is -1.44. The summed E-state index contributed by atoms with van der Waals surface area (Å²) in [5, 5.41) is 16.4. The number of rotatable bonds is 12. The van der Waals surface area contributed by atoms with Crippen LogP contribution in [0.15, 0.2) is 35.3 Å². The Labute approximate surface area is 204 Å². The summed E-state index contributed by atoms with van der Waals surface area (Å²) in [4.78, 5) is 60.7. The molecule has 0 aliphatic rings. The van der Waals surface area contributed by atoms with Gasteiger partial charge in [0, 0.05) is 18.8 Å². The van der Waals surface area contributed by atoms with E-state index in [1.807, 2.05) is 13.8 Å². The van der Waals surface area contributed by atoms with Gasteiger partial charge in [-0.3, -0.25) is 14.4 Å². The van der Waals surface area contributed by atoms with E-state index in [1.165, 1.54) is 29.0 Å². The van der Waals surface area contributed by atoms with Crippen molar-refractivity contribution < 1.29 is 29.0 Å². The summed E-state index contributed by atoms with van der Waals surface area (Å²) in [6.07, 6.45) is 3.95. The van der Waals surface area contributed by atoms with Crippen LogP contribution in [0.5, 0.6) is 0 Å². The van der Waals surface area contributed by atoms with Crippen LogP contribution in [0.2, 0.25) is 0 Å². The third kappa shape index (κ3) is 12.4. The van der Waals surface area contributed by atoms with Gasteiger partial charge in [0.1, 0.15) is 23.9 Å². The summed E-state index contributed by atoms with van der Waals surface area (Å²) in [6.45, 7) is 9.37. The molecule has 0 spiro atoms. The summed E-state index contributed by atoms with van der Waals surface area (Å²) < 4.78 is 6.37. The van der Waals surface area contributed by atoms with Crippen molar-refractivity contribution in [2.45, 2.75) is 72.1 Å². The number of anilines is 1. The minimum absolute atomic E-state index is 0.0636. The second-order valence-corrected chi connectivity index (χ2v) is 9.39. The molecule has 11 heteroatoms. The Balaban J connectivity index is 2.93. The zero-order valence-corrected chi connectivity index (χ0v) is 20.9. The number of carbonyl (C=O) groups excluding carboxylic acids is 3. The third-order valence-corrected chi connectivity index (χ3v) is 4.53. The van der Waals surface area contributed by atoms with E-state index >= 15 is 0 Å². The highest BCUT2D eigenvalue weighted by atomic mass is 16.6. The Morgan fingerprint density at radius 2 is 1.86 bits per heavy atom. The van der Waals surface area contributed by atoms with Gasteiger partial charge < -0.3 is 30.4 Å². The van der Waals surface area contributed by atoms with Crippen LogP contribution in [-0.2, 0) is 25.7 Å². The molecular weight excluding hydrogens is 456 g/mol. The number of pyridine rings is 1. The summed E-state index contributed by atoms with van der Waals surface area (Å²) >= 11 is 0. The average molecular weight is 493 g/mol. The van der Waals surface area contributed by atoms with Crippen LogP contribution in [0.4, 0.5) is 10.5 Å². The molecule has 1 atom stereocenters. The van der Waals surface area contributed by atoms with Gasteiger partial charge in [-0.05, 0) is 58.1 Å². The first kappa shape index (κ1) is 29.4. The molecule has 35 heavy (non-hydrogen) atoms. The second kappa shape index (κ2) is 13.9. The highest BCUT2D eigenvalue weighted by Crippen LogP contribution is 2.09. The van der Waals surface area contributed by atoms with E-state index < -0.39 is 35.2 Å². The monoisotopic (exact) mass is 492 g/mol. The lowest BCUT2D eigenvalue weighted by molar-refractivity contribution is -0.131. The Morgan fingerprint density at radius 1 is 1.17 bits per heavy atom. The van der Waals surface area contributed by atoms with E-state index in [9.17, 15) is 24.0 Å². The van der Waals surface area contributed by atoms with Crippen molar-refractivity contribution in [3.8, 4) is 0 Å². The first-order valence-electron chi connectivity index (χ1n) is 11.4. The molecule has 1 aromatic rings. The number of nitrogens with one attached hydrogen (secondary N) is 3. The van der Waals surface area contributed by atoms with Crippen LogP contribution < -0.4 is 21.5 Å². The van der Waals surface area contributed by atoms with E-state index in [1.54, 1.807) is 20.8 Å². The first-order chi connectivity index (χ1) is 16.3. The molecule has 0 radical (unpaired) electrons. The molecule has 11 nitrogen and oxygen atoms in total. The predicted octanol–water partition coefficient (Wildman–Crippen LogP) is 2.26. The maximum atomic E-state index is 12.9. The van der Waals surface area contributed by atoms with E-state index in [2.05, 4.69) is 16.0 Å². The van der Waals surface area contributed by atoms with Crippen molar-refractivity contribution in [2.24, 2.45) is 5.92 Å². The van der Waals surface area contributed by atoms with E-state index in [0.717, 1.165) is 12.5 Å². The third-order valence-electron chi connectivity index (χ3n) is 4.53. The maximum Gasteiger partial charge on any atom is 0.408 e. The van der Waals surface area contributed by atoms with Gasteiger partial charge in [0.15, 0.2) is 0 Å². The Hall–Kier alpha value is -3.63. The van der Waals surface area contributed by atoms with Crippen molar-refractivity contribution in [2.75, 3.05) is 11.9 Å². The van der Waals surface area contributed by atoms with Gasteiger partial charge in [-0.2, -0.15) is 0 Å². The molecule has 0 fully saturated rings. The molecule has 0 bridgehead atoms. The van der Waals surface area contributed by atoms with Crippen molar-refractivity contribution in [1.29, 1.82) is 0 Å². The quantitative estimate of drug-likeness (QED) is 0.326. The number of aromatic nitrogens is 1. The molecule has 0 aliphatic heterocycles. The number of alkyl carbamates (subject to hydrolysis) is 1. The number of carboxylic acids is 1. The van der Waals surface area contributed by atoms with E-state index in [-0.39, 0.29) is 31.0 Å². The van der Waals surface area contributed by atoms with Gasteiger partial charge in [0.05, 0.1) is 0 Å². The van der Waals surface area contributed by atoms with Crippen molar-refractivity contribution in [3.63, 3.8) is 0 Å². The van der Waals surface area contributed by atoms with Gasteiger partial charge in [-0.15, -0.1) is 0 Å². The zero-order valence-electron chi connectivity index (χ0n) is 20.9. The van der Waals surface area contributed by atoms with E-state index in [0.29, 0.717) is 12.5 Å². The topological polar surface area (TPSA) is 156 Å². The highest BCUT2D eigenvalue weighted by Gasteiger charge is 2.24. The molecule has 4 N–H and O–H groups in total. The number of amides is 3. The number of nitrogens with zero attached hydrogens (tertiary/aromatic N) is 1. The Bertz CT molecular complexity index is 977. The SMILES string of the molecule is CC(C)CCNC(=O)Cn1cccc(NC(=O)C(CC/C=C/C(=O)O)NC(=O)OC(C)(C)C)c1=O. The fourth-order valence-corrected chi connectivity index (χ4v) is 2.85. The van der Waals surface area contributed by atoms with Gasteiger partial charge in [-0.25, -0.2) is 9.59 Å². The fraction of sp³-hybridized carbons (Fsp3) is 0.542.